The zero-order valence-electron chi connectivity index (χ0n) is 10.7. The summed E-state index contributed by atoms with van der Waals surface area (Å²) in [5.41, 5.74) is 0.653. The number of rotatable bonds is 3. The molecule has 1 nitrogen and oxygen atoms in total. The molecule has 1 aromatic carbocycles. The molecule has 0 N–H and O–H groups in total. The predicted molar refractivity (Wildman–Crippen MR) is 67.8 cm³/mol. The Bertz CT molecular complexity index is 367. The van der Waals surface area contributed by atoms with Crippen LogP contribution < -0.4 is 4.74 Å². The second kappa shape index (κ2) is 5.52. The molecule has 0 spiro atoms. The van der Waals surface area contributed by atoms with E-state index in [0.29, 0.717) is 23.8 Å². The van der Waals surface area contributed by atoms with Crippen molar-refractivity contribution in [3.63, 3.8) is 0 Å². The summed E-state index contributed by atoms with van der Waals surface area (Å²) in [5.74, 6) is 1.65. The highest BCUT2D eigenvalue weighted by molar-refractivity contribution is 5.30. The number of benzene rings is 1. The van der Waals surface area contributed by atoms with Crippen LogP contribution >= 0.6 is 0 Å². The molecule has 0 bridgehead atoms. The molecule has 0 unspecified atom stereocenters. The lowest BCUT2D eigenvalue weighted by atomic mass is 9.83. The SMILES string of the molecule is Cc1cccc(OCC2CCC(C)CC2)c1F. The van der Waals surface area contributed by atoms with Gasteiger partial charge in [0, 0.05) is 0 Å². The molecule has 0 radical (unpaired) electrons. The minimum atomic E-state index is -0.211. The van der Waals surface area contributed by atoms with Gasteiger partial charge in [-0.2, -0.15) is 0 Å². The average Bonchev–Trinajstić information content (AvgIpc) is 2.33. The maximum absolute atomic E-state index is 13.7. The summed E-state index contributed by atoms with van der Waals surface area (Å²) in [5, 5.41) is 0. The number of halogens is 1. The first-order valence-electron chi connectivity index (χ1n) is 6.54. The molecule has 0 aliphatic heterocycles. The molecule has 17 heavy (non-hydrogen) atoms. The van der Waals surface area contributed by atoms with Gasteiger partial charge in [-0.1, -0.05) is 31.9 Å². The van der Waals surface area contributed by atoms with E-state index in [1.165, 1.54) is 25.7 Å². The lowest BCUT2D eigenvalue weighted by molar-refractivity contribution is 0.183. The van der Waals surface area contributed by atoms with E-state index in [4.69, 9.17) is 4.74 Å². The van der Waals surface area contributed by atoms with Crippen LogP contribution in [0.4, 0.5) is 4.39 Å². The van der Waals surface area contributed by atoms with E-state index < -0.39 is 0 Å². The lowest BCUT2D eigenvalue weighted by Crippen LogP contribution is -2.19. The Balaban J connectivity index is 1.87. The molecule has 0 heterocycles. The van der Waals surface area contributed by atoms with Crippen molar-refractivity contribution in [2.24, 2.45) is 11.8 Å². The molecule has 1 saturated carbocycles. The molecule has 2 heteroatoms. The van der Waals surface area contributed by atoms with E-state index in [2.05, 4.69) is 6.92 Å². The topological polar surface area (TPSA) is 9.23 Å². The van der Waals surface area contributed by atoms with Crippen LogP contribution in [0.1, 0.15) is 38.2 Å². The molecular weight excluding hydrogens is 215 g/mol. The van der Waals surface area contributed by atoms with Gasteiger partial charge in [0.15, 0.2) is 11.6 Å². The molecule has 1 aromatic rings. The second-order valence-electron chi connectivity index (χ2n) is 5.32. The second-order valence-corrected chi connectivity index (χ2v) is 5.32. The Hall–Kier alpha value is -1.05. The largest absolute Gasteiger partial charge is 0.490 e. The number of hydrogen-bond donors (Lipinski definition) is 0. The monoisotopic (exact) mass is 236 g/mol. The zero-order chi connectivity index (χ0) is 12.3. The van der Waals surface area contributed by atoms with Crippen LogP contribution in [0.2, 0.25) is 0 Å². The van der Waals surface area contributed by atoms with Gasteiger partial charge in [-0.15, -0.1) is 0 Å². The standard InChI is InChI=1S/C15H21FO/c1-11-6-8-13(9-7-11)10-17-14-5-3-4-12(2)15(14)16/h3-5,11,13H,6-10H2,1-2H3. The maximum Gasteiger partial charge on any atom is 0.167 e. The van der Waals surface area contributed by atoms with Gasteiger partial charge in [-0.05, 0) is 43.2 Å². The van der Waals surface area contributed by atoms with Crippen LogP contribution in [0.15, 0.2) is 18.2 Å². The minimum absolute atomic E-state index is 0.211. The van der Waals surface area contributed by atoms with Crippen LogP contribution in [-0.2, 0) is 0 Å². The molecule has 0 atom stereocenters. The van der Waals surface area contributed by atoms with Crippen molar-refractivity contribution in [1.82, 2.24) is 0 Å². The van der Waals surface area contributed by atoms with Crippen molar-refractivity contribution in [2.45, 2.75) is 39.5 Å². The van der Waals surface area contributed by atoms with Crippen molar-refractivity contribution >= 4 is 0 Å². The predicted octanol–water partition coefficient (Wildman–Crippen LogP) is 4.34. The first-order chi connectivity index (χ1) is 8.16. The zero-order valence-corrected chi connectivity index (χ0v) is 10.7. The summed E-state index contributed by atoms with van der Waals surface area (Å²) in [6.45, 7) is 4.73. The molecule has 1 aliphatic rings. The quantitative estimate of drug-likeness (QED) is 0.758. The van der Waals surface area contributed by atoms with Crippen LogP contribution in [0.25, 0.3) is 0 Å². The Morgan fingerprint density at radius 2 is 1.94 bits per heavy atom. The van der Waals surface area contributed by atoms with E-state index in [9.17, 15) is 4.39 Å². The first-order valence-corrected chi connectivity index (χ1v) is 6.54. The van der Waals surface area contributed by atoms with Gasteiger partial charge in [0.1, 0.15) is 0 Å². The fraction of sp³-hybridized carbons (Fsp3) is 0.600. The van der Waals surface area contributed by atoms with Gasteiger partial charge in [-0.25, -0.2) is 4.39 Å². The number of ether oxygens (including phenoxy) is 1. The molecule has 2 rings (SSSR count). The van der Waals surface area contributed by atoms with Gasteiger partial charge >= 0.3 is 0 Å². The van der Waals surface area contributed by atoms with Crippen molar-refractivity contribution < 1.29 is 9.13 Å². The third-order valence-electron chi connectivity index (χ3n) is 3.77. The molecule has 1 aliphatic carbocycles. The summed E-state index contributed by atoms with van der Waals surface area (Å²) < 4.78 is 19.3. The highest BCUT2D eigenvalue weighted by atomic mass is 19.1. The minimum Gasteiger partial charge on any atom is -0.490 e. The van der Waals surface area contributed by atoms with Gasteiger partial charge in [0.05, 0.1) is 6.61 Å². The molecule has 94 valence electrons. The summed E-state index contributed by atoms with van der Waals surface area (Å²) in [7, 11) is 0. The van der Waals surface area contributed by atoms with Gasteiger partial charge < -0.3 is 4.74 Å². The Morgan fingerprint density at radius 1 is 1.24 bits per heavy atom. The van der Waals surface area contributed by atoms with Crippen LogP contribution in [0.5, 0.6) is 5.75 Å². The van der Waals surface area contributed by atoms with Crippen LogP contribution in [-0.4, -0.2) is 6.61 Å². The summed E-state index contributed by atoms with van der Waals surface area (Å²) in [6, 6.07) is 5.33. The highest BCUT2D eigenvalue weighted by Crippen LogP contribution is 2.29. The Labute approximate surface area is 103 Å². The van der Waals surface area contributed by atoms with Crippen molar-refractivity contribution in [3.8, 4) is 5.75 Å². The fourth-order valence-electron chi connectivity index (χ4n) is 2.44. The Kier molecular flexibility index (Phi) is 4.03. The fourth-order valence-corrected chi connectivity index (χ4v) is 2.44. The molecular formula is C15H21FO. The normalized spacial score (nSPS) is 24.6. The van der Waals surface area contributed by atoms with E-state index in [1.807, 2.05) is 6.07 Å². The van der Waals surface area contributed by atoms with E-state index >= 15 is 0 Å². The van der Waals surface area contributed by atoms with Crippen LogP contribution in [0, 0.1) is 24.6 Å². The first kappa shape index (κ1) is 12.4. The number of hydrogen-bond acceptors (Lipinski definition) is 1. The van der Waals surface area contributed by atoms with E-state index in [1.54, 1.807) is 19.1 Å². The van der Waals surface area contributed by atoms with Crippen molar-refractivity contribution in [2.75, 3.05) is 6.61 Å². The van der Waals surface area contributed by atoms with Gasteiger partial charge in [0.25, 0.3) is 0 Å². The third-order valence-corrected chi connectivity index (χ3v) is 3.77. The van der Waals surface area contributed by atoms with Crippen molar-refractivity contribution in [1.29, 1.82) is 0 Å². The Morgan fingerprint density at radius 3 is 2.65 bits per heavy atom. The molecule has 0 aromatic heterocycles. The summed E-state index contributed by atoms with van der Waals surface area (Å²) in [4.78, 5) is 0. The lowest BCUT2D eigenvalue weighted by Gasteiger charge is -2.26. The summed E-state index contributed by atoms with van der Waals surface area (Å²) in [6.07, 6.45) is 5.00. The third kappa shape index (κ3) is 3.21. The molecule has 0 saturated heterocycles. The maximum atomic E-state index is 13.7. The smallest absolute Gasteiger partial charge is 0.167 e. The van der Waals surface area contributed by atoms with E-state index in [0.717, 1.165) is 5.92 Å². The van der Waals surface area contributed by atoms with Crippen molar-refractivity contribution in [3.05, 3.63) is 29.6 Å². The average molecular weight is 236 g/mol. The molecule has 1 fully saturated rings. The number of aryl methyl sites for hydroxylation is 1. The van der Waals surface area contributed by atoms with E-state index in [-0.39, 0.29) is 5.82 Å². The highest BCUT2D eigenvalue weighted by Gasteiger charge is 2.19. The van der Waals surface area contributed by atoms with Gasteiger partial charge in [-0.3, -0.25) is 0 Å². The molecule has 0 amide bonds. The summed E-state index contributed by atoms with van der Waals surface area (Å²) >= 11 is 0. The van der Waals surface area contributed by atoms with Crippen LogP contribution in [0.3, 0.4) is 0 Å². The van der Waals surface area contributed by atoms with Gasteiger partial charge in [0.2, 0.25) is 0 Å².